The van der Waals surface area contributed by atoms with Crippen LogP contribution < -0.4 is 5.32 Å². The number of likely N-dealkylation sites (N-methyl/N-ethyl adjacent to an activating group) is 1. The van der Waals surface area contributed by atoms with Crippen LogP contribution in [0.25, 0.3) is 0 Å². The molecule has 18 heavy (non-hydrogen) atoms. The summed E-state index contributed by atoms with van der Waals surface area (Å²) in [5.41, 5.74) is 1.04. The van der Waals surface area contributed by atoms with E-state index in [2.05, 4.69) is 31.2 Å². The van der Waals surface area contributed by atoms with E-state index >= 15 is 0 Å². The minimum absolute atomic E-state index is 0.373. The van der Waals surface area contributed by atoms with E-state index in [0.717, 1.165) is 41.5 Å². The Morgan fingerprint density at radius 1 is 1.22 bits per heavy atom. The average Bonchev–Trinajstić information content (AvgIpc) is 2.30. The molecule has 0 aromatic heterocycles. The Balaban J connectivity index is 2.75. The number of nitrogens with zero attached hydrogens (tertiary/aromatic N) is 1. The van der Waals surface area contributed by atoms with E-state index in [9.17, 15) is 0 Å². The Hall–Kier alpha value is -0.280. The van der Waals surface area contributed by atoms with Gasteiger partial charge >= 0.3 is 0 Å². The predicted molar refractivity (Wildman–Crippen MR) is 80.8 cm³/mol. The Morgan fingerprint density at radius 2 is 1.83 bits per heavy atom. The first-order valence-electron chi connectivity index (χ1n) is 6.35. The molecular weight excluding hydrogens is 267 g/mol. The molecule has 1 rings (SSSR count). The van der Waals surface area contributed by atoms with Gasteiger partial charge in [-0.05, 0) is 51.2 Å². The van der Waals surface area contributed by atoms with Gasteiger partial charge in [-0.3, -0.25) is 0 Å². The van der Waals surface area contributed by atoms with Gasteiger partial charge < -0.3 is 10.2 Å². The van der Waals surface area contributed by atoms with Crippen molar-refractivity contribution in [3.8, 4) is 0 Å². The lowest BCUT2D eigenvalue weighted by atomic mass is 10.1. The largest absolute Gasteiger partial charge is 0.312 e. The Kier molecular flexibility index (Phi) is 7.02. The molecule has 0 heterocycles. The number of hydrogen-bond donors (Lipinski definition) is 1. The molecule has 4 heteroatoms. The highest BCUT2D eigenvalue weighted by Gasteiger charge is 2.14. The monoisotopic (exact) mass is 288 g/mol. The number of nitrogens with one attached hydrogen (secondary N) is 1. The summed E-state index contributed by atoms with van der Waals surface area (Å²) in [6.07, 6.45) is 1.98. The fourth-order valence-electron chi connectivity index (χ4n) is 1.96. The molecule has 0 bridgehead atoms. The van der Waals surface area contributed by atoms with Crippen LogP contribution in [-0.4, -0.2) is 38.1 Å². The molecule has 0 saturated carbocycles. The SMILES string of the molecule is CCCNC(Cc1c(Cl)cccc1Cl)CN(C)C. The summed E-state index contributed by atoms with van der Waals surface area (Å²) >= 11 is 12.4. The van der Waals surface area contributed by atoms with Crippen molar-refractivity contribution < 1.29 is 0 Å². The van der Waals surface area contributed by atoms with Crippen molar-refractivity contribution in [2.75, 3.05) is 27.2 Å². The van der Waals surface area contributed by atoms with Crippen LogP contribution in [0.2, 0.25) is 10.0 Å². The molecule has 0 amide bonds. The molecule has 1 aromatic carbocycles. The number of hydrogen-bond acceptors (Lipinski definition) is 2. The maximum Gasteiger partial charge on any atom is 0.0453 e. The zero-order chi connectivity index (χ0) is 13.5. The zero-order valence-corrected chi connectivity index (χ0v) is 12.9. The van der Waals surface area contributed by atoms with Gasteiger partial charge in [0.05, 0.1) is 0 Å². The standard InChI is InChI=1S/C14H22Cl2N2/c1-4-8-17-11(10-18(2)3)9-12-13(15)6-5-7-14(12)16/h5-7,11,17H,4,8-10H2,1-3H3. The highest BCUT2D eigenvalue weighted by Crippen LogP contribution is 2.25. The third-order valence-electron chi connectivity index (χ3n) is 2.78. The van der Waals surface area contributed by atoms with Crippen molar-refractivity contribution in [1.29, 1.82) is 0 Å². The second-order valence-electron chi connectivity index (χ2n) is 4.82. The molecule has 0 radical (unpaired) electrons. The molecule has 1 aromatic rings. The summed E-state index contributed by atoms with van der Waals surface area (Å²) in [5.74, 6) is 0. The smallest absolute Gasteiger partial charge is 0.0453 e. The molecule has 0 saturated heterocycles. The Labute approximate surface area is 120 Å². The summed E-state index contributed by atoms with van der Waals surface area (Å²) in [6, 6.07) is 6.05. The molecule has 0 aliphatic rings. The first kappa shape index (κ1) is 15.8. The van der Waals surface area contributed by atoms with Crippen LogP contribution >= 0.6 is 23.2 Å². The summed E-state index contributed by atoms with van der Waals surface area (Å²) in [7, 11) is 4.16. The van der Waals surface area contributed by atoms with Gasteiger partial charge in [0.1, 0.15) is 0 Å². The predicted octanol–water partition coefficient (Wildman–Crippen LogP) is 3.47. The molecule has 0 aliphatic heterocycles. The molecular formula is C14H22Cl2N2. The molecule has 0 fully saturated rings. The van der Waals surface area contributed by atoms with E-state index in [1.807, 2.05) is 18.2 Å². The molecule has 0 spiro atoms. The second-order valence-corrected chi connectivity index (χ2v) is 5.63. The van der Waals surface area contributed by atoms with Gasteiger partial charge in [0.2, 0.25) is 0 Å². The van der Waals surface area contributed by atoms with Gasteiger partial charge in [0, 0.05) is 22.6 Å². The maximum absolute atomic E-state index is 6.22. The third-order valence-corrected chi connectivity index (χ3v) is 3.49. The lowest BCUT2D eigenvalue weighted by molar-refractivity contribution is 0.336. The molecule has 102 valence electrons. The first-order valence-corrected chi connectivity index (χ1v) is 7.11. The fraction of sp³-hybridized carbons (Fsp3) is 0.571. The van der Waals surface area contributed by atoms with Gasteiger partial charge in [0.15, 0.2) is 0 Å². The van der Waals surface area contributed by atoms with Crippen molar-refractivity contribution >= 4 is 23.2 Å². The van der Waals surface area contributed by atoms with E-state index in [1.54, 1.807) is 0 Å². The third kappa shape index (κ3) is 5.15. The number of benzene rings is 1. The summed E-state index contributed by atoms with van der Waals surface area (Å²) in [4.78, 5) is 2.18. The van der Waals surface area contributed by atoms with Gasteiger partial charge in [-0.25, -0.2) is 0 Å². The minimum Gasteiger partial charge on any atom is -0.312 e. The van der Waals surface area contributed by atoms with Crippen LogP contribution in [0.5, 0.6) is 0 Å². The second kappa shape index (κ2) is 8.00. The zero-order valence-electron chi connectivity index (χ0n) is 11.3. The summed E-state index contributed by atoms with van der Waals surface area (Å²) in [6.45, 7) is 4.16. The van der Waals surface area contributed by atoms with E-state index in [4.69, 9.17) is 23.2 Å². The molecule has 1 N–H and O–H groups in total. The van der Waals surface area contributed by atoms with Crippen molar-refractivity contribution in [3.05, 3.63) is 33.8 Å². The average molecular weight is 289 g/mol. The first-order chi connectivity index (χ1) is 8.54. The highest BCUT2D eigenvalue weighted by molar-refractivity contribution is 6.35. The Morgan fingerprint density at radius 3 is 2.33 bits per heavy atom. The van der Waals surface area contributed by atoms with Crippen LogP contribution in [0, 0.1) is 0 Å². The van der Waals surface area contributed by atoms with Crippen LogP contribution in [0.15, 0.2) is 18.2 Å². The van der Waals surface area contributed by atoms with E-state index < -0.39 is 0 Å². The van der Waals surface area contributed by atoms with Gasteiger partial charge in [0.25, 0.3) is 0 Å². The van der Waals surface area contributed by atoms with E-state index in [0.29, 0.717) is 6.04 Å². The minimum atomic E-state index is 0.373. The van der Waals surface area contributed by atoms with Crippen molar-refractivity contribution in [2.45, 2.75) is 25.8 Å². The fourth-order valence-corrected chi connectivity index (χ4v) is 2.52. The van der Waals surface area contributed by atoms with Crippen LogP contribution in [0.3, 0.4) is 0 Å². The summed E-state index contributed by atoms with van der Waals surface area (Å²) < 4.78 is 0. The maximum atomic E-state index is 6.22. The van der Waals surface area contributed by atoms with Gasteiger partial charge in [-0.2, -0.15) is 0 Å². The van der Waals surface area contributed by atoms with Gasteiger partial charge in [-0.1, -0.05) is 36.2 Å². The van der Waals surface area contributed by atoms with Gasteiger partial charge in [-0.15, -0.1) is 0 Å². The van der Waals surface area contributed by atoms with Crippen molar-refractivity contribution in [3.63, 3.8) is 0 Å². The normalized spacial score (nSPS) is 13.0. The van der Waals surface area contributed by atoms with Crippen LogP contribution in [0.4, 0.5) is 0 Å². The molecule has 1 atom stereocenters. The van der Waals surface area contributed by atoms with E-state index in [1.165, 1.54) is 0 Å². The lowest BCUT2D eigenvalue weighted by Crippen LogP contribution is -2.40. The molecule has 2 nitrogen and oxygen atoms in total. The van der Waals surface area contributed by atoms with Crippen LogP contribution in [-0.2, 0) is 6.42 Å². The van der Waals surface area contributed by atoms with Crippen LogP contribution in [0.1, 0.15) is 18.9 Å². The lowest BCUT2D eigenvalue weighted by Gasteiger charge is -2.23. The summed E-state index contributed by atoms with van der Waals surface area (Å²) in [5, 5.41) is 5.05. The highest BCUT2D eigenvalue weighted by atomic mass is 35.5. The Bertz CT molecular complexity index is 347. The van der Waals surface area contributed by atoms with Crippen molar-refractivity contribution in [1.82, 2.24) is 10.2 Å². The van der Waals surface area contributed by atoms with Crippen molar-refractivity contribution in [2.24, 2.45) is 0 Å². The number of rotatable bonds is 7. The molecule has 0 aliphatic carbocycles. The molecule has 1 unspecified atom stereocenters. The quantitative estimate of drug-likeness (QED) is 0.827. The number of halogens is 2. The topological polar surface area (TPSA) is 15.3 Å². The van der Waals surface area contributed by atoms with E-state index in [-0.39, 0.29) is 0 Å².